The van der Waals surface area contributed by atoms with Gasteiger partial charge in [0, 0.05) is 5.56 Å². The molecule has 2 nitrogen and oxygen atoms in total. The Kier molecular flexibility index (Phi) is 3.92. The molecule has 2 heteroatoms. The van der Waals surface area contributed by atoms with Crippen molar-refractivity contribution >= 4 is 5.78 Å². The molecule has 0 N–H and O–H groups in total. The first kappa shape index (κ1) is 10.5. The molecule has 0 radical (unpaired) electrons. The number of ether oxygens (including phenoxy) is 1. The Morgan fingerprint density at radius 1 is 1.50 bits per heavy atom. The summed E-state index contributed by atoms with van der Waals surface area (Å²) in [5.74, 6) is 0.747. The van der Waals surface area contributed by atoms with E-state index in [4.69, 9.17) is 4.74 Å². The highest BCUT2D eigenvalue weighted by molar-refractivity contribution is 6.04. The molecule has 0 saturated heterocycles. The number of hydrogen-bond donors (Lipinski definition) is 0. The summed E-state index contributed by atoms with van der Waals surface area (Å²) in [7, 11) is 0. The van der Waals surface area contributed by atoms with E-state index in [1.165, 1.54) is 0 Å². The molecule has 14 heavy (non-hydrogen) atoms. The molecular formula is C12H14O2. The number of benzene rings is 1. The van der Waals surface area contributed by atoms with Gasteiger partial charge in [0.05, 0.1) is 6.61 Å². The lowest BCUT2D eigenvalue weighted by atomic mass is 10.1. The number of carbonyl (C=O) groups is 1. The van der Waals surface area contributed by atoms with Gasteiger partial charge in [0.1, 0.15) is 5.75 Å². The summed E-state index contributed by atoms with van der Waals surface area (Å²) >= 11 is 0. The van der Waals surface area contributed by atoms with Gasteiger partial charge in [0.15, 0.2) is 5.78 Å². The van der Waals surface area contributed by atoms with Crippen LogP contribution in [0.5, 0.6) is 5.75 Å². The molecule has 1 rings (SSSR count). The van der Waals surface area contributed by atoms with Crippen LogP contribution in [0.25, 0.3) is 0 Å². The van der Waals surface area contributed by atoms with Crippen molar-refractivity contribution in [2.45, 2.75) is 13.8 Å². The van der Waals surface area contributed by atoms with Crippen molar-refractivity contribution in [3.05, 3.63) is 42.0 Å². The van der Waals surface area contributed by atoms with Gasteiger partial charge in [-0.1, -0.05) is 18.2 Å². The molecule has 1 aromatic carbocycles. The van der Waals surface area contributed by atoms with Crippen LogP contribution in [0, 0.1) is 0 Å². The molecule has 0 aromatic heterocycles. The van der Waals surface area contributed by atoms with Gasteiger partial charge in [-0.05, 0) is 32.1 Å². The van der Waals surface area contributed by atoms with Gasteiger partial charge in [0.25, 0.3) is 0 Å². The Morgan fingerprint density at radius 2 is 2.29 bits per heavy atom. The highest BCUT2D eigenvalue weighted by Gasteiger charge is 2.02. The molecule has 0 saturated carbocycles. The maximum absolute atomic E-state index is 11.5. The third-order valence-corrected chi connectivity index (χ3v) is 1.75. The molecule has 0 amide bonds. The number of rotatable bonds is 4. The van der Waals surface area contributed by atoms with Crippen LogP contribution in [-0.2, 0) is 0 Å². The molecule has 0 aliphatic heterocycles. The third-order valence-electron chi connectivity index (χ3n) is 1.75. The maximum atomic E-state index is 11.5. The Labute approximate surface area is 84.2 Å². The molecule has 0 unspecified atom stereocenters. The van der Waals surface area contributed by atoms with Crippen LogP contribution in [-0.4, -0.2) is 12.4 Å². The SMILES string of the molecule is C/C=C/C(=O)c1cccc(OCC)c1. The molecule has 0 heterocycles. The summed E-state index contributed by atoms with van der Waals surface area (Å²) in [6.45, 7) is 4.35. The molecule has 0 aliphatic carbocycles. The fraction of sp³-hybridized carbons (Fsp3) is 0.250. The minimum Gasteiger partial charge on any atom is -0.494 e. The zero-order valence-corrected chi connectivity index (χ0v) is 8.49. The molecule has 1 aromatic rings. The van der Waals surface area contributed by atoms with Crippen LogP contribution < -0.4 is 4.74 Å². The smallest absolute Gasteiger partial charge is 0.185 e. The van der Waals surface area contributed by atoms with E-state index >= 15 is 0 Å². The van der Waals surface area contributed by atoms with Crippen LogP contribution in [0.3, 0.4) is 0 Å². The number of ketones is 1. The molecule has 0 spiro atoms. The predicted molar refractivity (Wildman–Crippen MR) is 56.8 cm³/mol. The second-order valence-corrected chi connectivity index (χ2v) is 2.83. The largest absolute Gasteiger partial charge is 0.494 e. The van der Waals surface area contributed by atoms with Gasteiger partial charge in [-0.3, -0.25) is 4.79 Å². The average Bonchev–Trinajstić information content (AvgIpc) is 2.19. The quantitative estimate of drug-likeness (QED) is 0.539. The summed E-state index contributed by atoms with van der Waals surface area (Å²) < 4.78 is 5.30. The summed E-state index contributed by atoms with van der Waals surface area (Å²) in [6.07, 6.45) is 3.28. The van der Waals surface area contributed by atoms with E-state index in [1.54, 1.807) is 24.3 Å². The van der Waals surface area contributed by atoms with Crippen LogP contribution in [0.1, 0.15) is 24.2 Å². The first-order valence-corrected chi connectivity index (χ1v) is 4.67. The minimum atomic E-state index is 0.00838. The van der Waals surface area contributed by atoms with Gasteiger partial charge in [-0.15, -0.1) is 0 Å². The Hall–Kier alpha value is -1.57. The fourth-order valence-electron chi connectivity index (χ4n) is 1.15. The topological polar surface area (TPSA) is 26.3 Å². The first-order chi connectivity index (χ1) is 6.77. The van der Waals surface area contributed by atoms with E-state index in [-0.39, 0.29) is 5.78 Å². The summed E-state index contributed by atoms with van der Waals surface area (Å²) in [5.41, 5.74) is 0.661. The van der Waals surface area contributed by atoms with Crippen molar-refractivity contribution in [2.75, 3.05) is 6.61 Å². The average molecular weight is 190 g/mol. The molecule has 0 aliphatic rings. The summed E-state index contributed by atoms with van der Waals surface area (Å²) in [5, 5.41) is 0. The zero-order valence-electron chi connectivity index (χ0n) is 8.49. The van der Waals surface area contributed by atoms with E-state index in [9.17, 15) is 4.79 Å². The molecule has 0 fully saturated rings. The Morgan fingerprint density at radius 3 is 2.93 bits per heavy atom. The molecule has 0 bridgehead atoms. The highest BCUT2D eigenvalue weighted by atomic mass is 16.5. The van der Waals surface area contributed by atoms with Gasteiger partial charge in [-0.25, -0.2) is 0 Å². The Bertz CT molecular complexity index is 340. The van der Waals surface area contributed by atoms with Crippen molar-refractivity contribution in [1.82, 2.24) is 0 Å². The lowest BCUT2D eigenvalue weighted by Crippen LogP contribution is -1.96. The van der Waals surface area contributed by atoms with Crippen LogP contribution in [0.2, 0.25) is 0 Å². The third kappa shape index (κ3) is 2.73. The van der Waals surface area contributed by atoms with Crippen LogP contribution >= 0.6 is 0 Å². The molecule has 74 valence electrons. The fourth-order valence-corrected chi connectivity index (χ4v) is 1.15. The van der Waals surface area contributed by atoms with Crippen molar-refractivity contribution < 1.29 is 9.53 Å². The van der Waals surface area contributed by atoms with Gasteiger partial charge in [-0.2, -0.15) is 0 Å². The van der Waals surface area contributed by atoms with Gasteiger partial charge >= 0.3 is 0 Å². The van der Waals surface area contributed by atoms with Crippen LogP contribution in [0.15, 0.2) is 36.4 Å². The lowest BCUT2D eigenvalue weighted by molar-refractivity contribution is 0.104. The predicted octanol–water partition coefficient (Wildman–Crippen LogP) is 2.84. The second-order valence-electron chi connectivity index (χ2n) is 2.83. The Balaban J connectivity index is 2.87. The highest BCUT2D eigenvalue weighted by Crippen LogP contribution is 2.13. The normalized spacial score (nSPS) is 10.4. The number of carbonyl (C=O) groups excluding carboxylic acids is 1. The van der Waals surface area contributed by atoms with Crippen molar-refractivity contribution in [3.63, 3.8) is 0 Å². The zero-order chi connectivity index (χ0) is 10.4. The lowest BCUT2D eigenvalue weighted by Gasteiger charge is -2.03. The number of hydrogen-bond acceptors (Lipinski definition) is 2. The molecule has 0 atom stereocenters. The van der Waals surface area contributed by atoms with Crippen molar-refractivity contribution in [2.24, 2.45) is 0 Å². The summed E-state index contributed by atoms with van der Waals surface area (Å²) in [4.78, 5) is 11.5. The van der Waals surface area contributed by atoms with Crippen LogP contribution in [0.4, 0.5) is 0 Å². The summed E-state index contributed by atoms with van der Waals surface area (Å²) in [6, 6.07) is 7.20. The maximum Gasteiger partial charge on any atom is 0.185 e. The number of allylic oxidation sites excluding steroid dienone is 2. The van der Waals surface area contributed by atoms with Gasteiger partial charge in [0.2, 0.25) is 0 Å². The van der Waals surface area contributed by atoms with Crippen molar-refractivity contribution in [3.8, 4) is 5.75 Å². The van der Waals surface area contributed by atoms with E-state index < -0.39 is 0 Å². The second kappa shape index (κ2) is 5.22. The van der Waals surface area contributed by atoms with E-state index in [0.717, 1.165) is 5.75 Å². The van der Waals surface area contributed by atoms with E-state index in [1.807, 2.05) is 26.0 Å². The van der Waals surface area contributed by atoms with Gasteiger partial charge < -0.3 is 4.74 Å². The van der Waals surface area contributed by atoms with Crippen molar-refractivity contribution in [1.29, 1.82) is 0 Å². The van der Waals surface area contributed by atoms with E-state index in [2.05, 4.69) is 0 Å². The standard InChI is InChI=1S/C12H14O2/c1-3-6-12(13)10-7-5-8-11(9-10)14-4-2/h3,5-9H,4H2,1-2H3/b6-3+. The minimum absolute atomic E-state index is 0.00838. The monoisotopic (exact) mass is 190 g/mol. The first-order valence-electron chi connectivity index (χ1n) is 4.67. The van der Waals surface area contributed by atoms with E-state index in [0.29, 0.717) is 12.2 Å². The molecular weight excluding hydrogens is 176 g/mol.